The van der Waals surface area contributed by atoms with Crippen LogP contribution in [0.4, 0.5) is 0 Å². The van der Waals surface area contributed by atoms with E-state index in [2.05, 4.69) is 4.90 Å². The van der Waals surface area contributed by atoms with E-state index < -0.39 is 10.0 Å². The predicted octanol–water partition coefficient (Wildman–Crippen LogP) is 2.82. The number of carbonyl (C=O) groups excluding carboxylic acids is 1. The van der Waals surface area contributed by atoms with E-state index in [0.717, 1.165) is 26.1 Å². The van der Waals surface area contributed by atoms with Crippen LogP contribution in [0.15, 0.2) is 53.4 Å². The number of rotatable bonds is 7. The number of sulfonamides is 1. The van der Waals surface area contributed by atoms with Gasteiger partial charge >= 0.3 is 0 Å². The van der Waals surface area contributed by atoms with E-state index in [1.807, 2.05) is 4.90 Å². The van der Waals surface area contributed by atoms with Gasteiger partial charge in [0.15, 0.2) is 0 Å². The molecule has 0 unspecified atom stereocenters. The standard InChI is InChI=1S/C22H28ClN3O4S/c1-24(2)31(28,29)21-9-7-20(8-10-21)30-16-15-25-11-4-12-26(14-13-25)22(27)18-5-3-6-19(23)17-18/h3,5-10,17H,4,11-16H2,1-2H3. The Labute approximate surface area is 189 Å². The second-order valence-electron chi connectivity index (χ2n) is 7.61. The molecule has 1 saturated heterocycles. The molecule has 0 aliphatic carbocycles. The Bertz CT molecular complexity index is 996. The van der Waals surface area contributed by atoms with E-state index in [0.29, 0.717) is 36.0 Å². The fourth-order valence-electron chi connectivity index (χ4n) is 3.41. The highest BCUT2D eigenvalue weighted by molar-refractivity contribution is 7.89. The molecule has 9 heteroatoms. The third kappa shape index (κ3) is 6.20. The van der Waals surface area contributed by atoms with Crippen molar-refractivity contribution in [3.8, 4) is 5.75 Å². The largest absolute Gasteiger partial charge is 0.492 e. The number of ether oxygens (including phenoxy) is 1. The van der Waals surface area contributed by atoms with Crippen molar-refractivity contribution >= 4 is 27.5 Å². The maximum Gasteiger partial charge on any atom is 0.253 e. The number of hydrogen-bond acceptors (Lipinski definition) is 5. The van der Waals surface area contributed by atoms with Crippen LogP contribution in [0.1, 0.15) is 16.8 Å². The number of benzene rings is 2. The molecule has 0 spiro atoms. The Morgan fingerprint density at radius 3 is 2.48 bits per heavy atom. The highest BCUT2D eigenvalue weighted by Gasteiger charge is 2.20. The summed E-state index contributed by atoms with van der Waals surface area (Å²) >= 11 is 6.01. The van der Waals surface area contributed by atoms with Crippen molar-refractivity contribution in [3.05, 3.63) is 59.1 Å². The molecule has 0 atom stereocenters. The van der Waals surface area contributed by atoms with Crippen LogP contribution in [0, 0.1) is 0 Å². The highest BCUT2D eigenvalue weighted by atomic mass is 35.5. The summed E-state index contributed by atoms with van der Waals surface area (Å²) in [7, 11) is -0.431. The molecule has 0 N–H and O–H groups in total. The third-order valence-electron chi connectivity index (χ3n) is 5.23. The van der Waals surface area contributed by atoms with Gasteiger partial charge in [-0.15, -0.1) is 0 Å². The van der Waals surface area contributed by atoms with Crippen LogP contribution in [0.2, 0.25) is 5.02 Å². The Balaban J connectivity index is 1.47. The van der Waals surface area contributed by atoms with Crippen molar-refractivity contribution < 1.29 is 17.9 Å². The Kier molecular flexibility index (Phi) is 7.94. The molecular formula is C22H28ClN3O4S. The van der Waals surface area contributed by atoms with Gasteiger partial charge in [-0.2, -0.15) is 0 Å². The number of nitrogens with zero attached hydrogens (tertiary/aromatic N) is 3. The molecule has 2 aromatic carbocycles. The Morgan fingerprint density at radius 1 is 1.06 bits per heavy atom. The van der Waals surface area contributed by atoms with Gasteiger partial charge in [-0.3, -0.25) is 9.69 Å². The lowest BCUT2D eigenvalue weighted by Gasteiger charge is -2.22. The van der Waals surface area contributed by atoms with Crippen molar-refractivity contribution in [2.45, 2.75) is 11.3 Å². The van der Waals surface area contributed by atoms with Gasteiger partial charge < -0.3 is 9.64 Å². The maximum absolute atomic E-state index is 12.7. The molecular weight excluding hydrogens is 438 g/mol. The van der Waals surface area contributed by atoms with Crippen molar-refractivity contribution in [2.24, 2.45) is 0 Å². The lowest BCUT2D eigenvalue weighted by molar-refractivity contribution is 0.0760. The van der Waals surface area contributed by atoms with Gasteiger partial charge in [0.2, 0.25) is 10.0 Å². The molecule has 0 bridgehead atoms. The number of carbonyl (C=O) groups is 1. The summed E-state index contributed by atoms with van der Waals surface area (Å²) in [6.07, 6.45) is 0.892. The fraction of sp³-hybridized carbons (Fsp3) is 0.409. The minimum atomic E-state index is -3.44. The smallest absolute Gasteiger partial charge is 0.253 e. The minimum absolute atomic E-state index is 0.00775. The highest BCUT2D eigenvalue weighted by Crippen LogP contribution is 2.18. The lowest BCUT2D eigenvalue weighted by Crippen LogP contribution is -2.36. The Morgan fingerprint density at radius 2 is 1.81 bits per heavy atom. The second kappa shape index (κ2) is 10.5. The van der Waals surface area contributed by atoms with Gasteiger partial charge in [0, 0.05) is 57.4 Å². The summed E-state index contributed by atoms with van der Waals surface area (Å²) in [5.41, 5.74) is 0.615. The topological polar surface area (TPSA) is 70.2 Å². The third-order valence-corrected chi connectivity index (χ3v) is 7.29. The molecule has 1 aliphatic rings. The minimum Gasteiger partial charge on any atom is -0.492 e. The van der Waals surface area contributed by atoms with Crippen molar-refractivity contribution in [1.29, 1.82) is 0 Å². The molecule has 2 aromatic rings. The van der Waals surface area contributed by atoms with Crippen molar-refractivity contribution in [1.82, 2.24) is 14.1 Å². The van der Waals surface area contributed by atoms with Crippen LogP contribution in [0.3, 0.4) is 0 Å². The summed E-state index contributed by atoms with van der Waals surface area (Å²) in [4.78, 5) is 17.1. The average molecular weight is 466 g/mol. The van der Waals surface area contributed by atoms with Crippen LogP contribution in [-0.4, -0.2) is 81.9 Å². The van der Waals surface area contributed by atoms with Gasteiger partial charge in [-0.05, 0) is 48.9 Å². The molecule has 0 aromatic heterocycles. The molecule has 7 nitrogen and oxygen atoms in total. The first-order chi connectivity index (χ1) is 14.8. The molecule has 3 rings (SSSR count). The van der Waals surface area contributed by atoms with Crippen molar-refractivity contribution in [3.63, 3.8) is 0 Å². The molecule has 1 heterocycles. The summed E-state index contributed by atoms with van der Waals surface area (Å²) in [6.45, 7) is 4.25. The number of amides is 1. The number of halogens is 1. The summed E-state index contributed by atoms with van der Waals surface area (Å²) in [6, 6.07) is 13.5. The van der Waals surface area contributed by atoms with Crippen LogP contribution < -0.4 is 4.74 Å². The normalized spacial score (nSPS) is 15.7. The lowest BCUT2D eigenvalue weighted by atomic mass is 10.2. The summed E-state index contributed by atoms with van der Waals surface area (Å²) in [5.74, 6) is 0.638. The van der Waals surface area contributed by atoms with Crippen molar-refractivity contribution in [2.75, 3.05) is 53.4 Å². The van der Waals surface area contributed by atoms with Crippen LogP contribution >= 0.6 is 11.6 Å². The van der Waals surface area contributed by atoms with Crippen LogP contribution in [0.25, 0.3) is 0 Å². The van der Waals surface area contributed by atoms with Crippen LogP contribution in [0.5, 0.6) is 5.75 Å². The van der Waals surface area contributed by atoms with E-state index in [9.17, 15) is 13.2 Å². The first-order valence-corrected chi connectivity index (χ1v) is 12.0. The van der Waals surface area contributed by atoms with E-state index in [1.165, 1.54) is 18.4 Å². The monoisotopic (exact) mass is 465 g/mol. The van der Waals surface area contributed by atoms with E-state index in [-0.39, 0.29) is 10.8 Å². The molecule has 1 amide bonds. The first-order valence-electron chi connectivity index (χ1n) is 10.2. The second-order valence-corrected chi connectivity index (χ2v) is 10.2. The van der Waals surface area contributed by atoms with Gasteiger partial charge in [0.25, 0.3) is 5.91 Å². The molecule has 168 valence electrons. The average Bonchev–Trinajstić information content (AvgIpc) is 2.99. The molecule has 0 radical (unpaired) electrons. The fourth-order valence-corrected chi connectivity index (χ4v) is 4.50. The maximum atomic E-state index is 12.7. The van der Waals surface area contributed by atoms with Gasteiger partial charge in [-0.1, -0.05) is 17.7 Å². The predicted molar refractivity (Wildman–Crippen MR) is 121 cm³/mol. The zero-order valence-corrected chi connectivity index (χ0v) is 19.4. The quantitative estimate of drug-likeness (QED) is 0.628. The molecule has 31 heavy (non-hydrogen) atoms. The molecule has 1 fully saturated rings. The Hall–Kier alpha value is -2.13. The summed E-state index contributed by atoms with van der Waals surface area (Å²) < 4.78 is 31.2. The molecule has 1 aliphatic heterocycles. The zero-order valence-electron chi connectivity index (χ0n) is 17.8. The van der Waals surface area contributed by atoms with Crippen LogP contribution in [-0.2, 0) is 10.0 Å². The number of hydrogen-bond donors (Lipinski definition) is 0. The van der Waals surface area contributed by atoms with E-state index in [4.69, 9.17) is 16.3 Å². The summed E-state index contributed by atoms with van der Waals surface area (Å²) in [5, 5.41) is 0.562. The van der Waals surface area contributed by atoms with Gasteiger partial charge in [0.1, 0.15) is 12.4 Å². The van der Waals surface area contributed by atoms with Gasteiger partial charge in [-0.25, -0.2) is 12.7 Å². The molecule has 0 saturated carbocycles. The van der Waals surface area contributed by atoms with E-state index >= 15 is 0 Å². The SMILES string of the molecule is CN(C)S(=O)(=O)c1ccc(OCCN2CCCN(C(=O)c3cccc(Cl)c3)CC2)cc1. The first kappa shape index (κ1) is 23.5. The zero-order chi connectivity index (χ0) is 22.4. The van der Waals surface area contributed by atoms with E-state index in [1.54, 1.807) is 48.5 Å². The van der Waals surface area contributed by atoms with Gasteiger partial charge in [0.05, 0.1) is 4.90 Å².